The molecule has 0 fully saturated rings. The summed E-state index contributed by atoms with van der Waals surface area (Å²) in [6, 6.07) is 5.08. The molecule has 0 saturated carbocycles. The molecular weight excluding hydrogens is 277 g/mol. The highest BCUT2D eigenvalue weighted by Gasteiger charge is 2.25. The third kappa shape index (κ3) is 4.72. The van der Waals surface area contributed by atoms with Crippen LogP contribution in [0.5, 0.6) is 0 Å². The van der Waals surface area contributed by atoms with Crippen molar-refractivity contribution >= 4 is 11.6 Å². The molecule has 2 atom stereocenters. The fraction of sp³-hybridized carbons (Fsp3) is 0.625. The van der Waals surface area contributed by atoms with Gasteiger partial charge in [0.05, 0.1) is 11.1 Å². The van der Waals surface area contributed by atoms with E-state index >= 15 is 0 Å². The van der Waals surface area contributed by atoms with Crippen molar-refractivity contribution in [3.63, 3.8) is 0 Å². The minimum absolute atomic E-state index is 0.0703. The number of methoxy groups -OCH3 is 1. The lowest BCUT2D eigenvalue weighted by Gasteiger charge is -2.30. The minimum atomic E-state index is -0.364. The summed E-state index contributed by atoms with van der Waals surface area (Å²) in [5.74, 6) is 0.0126. The van der Waals surface area contributed by atoms with Gasteiger partial charge in [-0.25, -0.2) is 4.39 Å². The number of benzene rings is 1. The predicted molar refractivity (Wildman–Crippen MR) is 82.8 cm³/mol. The standard InChI is InChI=1S/C16H25ClFNO/c1-5-9-19-14(16(20-4)11(2)3)10-12-7-6-8-13(18)15(12)17/h6-8,11,14,16,19H,5,9-10H2,1-4H3. The van der Waals surface area contributed by atoms with Gasteiger partial charge in [0.25, 0.3) is 0 Å². The lowest BCUT2D eigenvalue weighted by atomic mass is 9.93. The molecule has 1 aromatic carbocycles. The second kappa shape index (κ2) is 8.60. The molecule has 0 aliphatic carbocycles. The molecule has 2 unspecified atom stereocenters. The molecule has 0 radical (unpaired) electrons. The highest BCUT2D eigenvalue weighted by atomic mass is 35.5. The van der Waals surface area contributed by atoms with Crippen LogP contribution in [0.2, 0.25) is 5.02 Å². The van der Waals surface area contributed by atoms with Crippen molar-refractivity contribution in [2.24, 2.45) is 5.92 Å². The van der Waals surface area contributed by atoms with Gasteiger partial charge in [-0.15, -0.1) is 0 Å². The van der Waals surface area contributed by atoms with Crippen LogP contribution in [0, 0.1) is 11.7 Å². The Labute approximate surface area is 126 Å². The van der Waals surface area contributed by atoms with Crippen molar-refractivity contribution in [2.75, 3.05) is 13.7 Å². The van der Waals surface area contributed by atoms with Gasteiger partial charge in [-0.2, -0.15) is 0 Å². The first-order chi connectivity index (χ1) is 9.51. The van der Waals surface area contributed by atoms with E-state index in [1.807, 2.05) is 6.07 Å². The SMILES string of the molecule is CCCNC(Cc1cccc(F)c1Cl)C(OC)C(C)C. The zero-order chi connectivity index (χ0) is 15.1. The van der Waals surface area contributed by atoms with E-state index in [9.17, 15) is 4.39 Å². The van der Waals surface area contributed by atoms with Crippen LogP contribution in [0.15, 0.2) is 18.2 Å². The molecule has 0 aromatic heterocycles. The Kier molecular flexibility index (Phi) is 7.49. The Morgan fingerprint density at radius 3 is 2.60 bits per heavy atom. The van der Waals surface area contributed by atoms with E-state index in [1.165, 1.54) is 6.07 Å². The first-order valence-corrected chi connectivity index (χ1v) is 7.58. The molecule has 0 amide bonds. The first-order valence-electron chi connectivity index (χ1n) is 7.20. The van der Waals surface area contributed by atoms with Crippen LogP contribution in [0.3, 0.4) is 0 Å². The number of rotatable bonds is 8. The van der Waals surface area contributed by atoms with E-state index in [1.54, 1.807) is 13.2 Å². The number of ether oxygens (including phenoxy) is 1. The van der Waals surface area contributed by atoms with E-state index in [0.29, 0.717) is 12.3 Å². The molecule has 0 bridgehead atoms. The van der Waals surface area contributed by atoms with Crippen LogP contribution < -0.4 is 5.32 Å². The van der Waals surface area contributed by atoms with Crippen molar-refractivity contribution in [1.29, 1.82) is 0 Å². The van der Waals surface area contributed by atoms with Gasteiger partial charge in [-0.05, 0) is 36.9 Å². The molecule has 1 N–H and O–H groups in total. The molecule has 2 nitrogen and oxygen atoms in total. The van der Waals surface area contributed by atoms with E-state index in [2.05, 4.69) is 26.1 Å². The van der Waals surface area contributed by atoms with Crippen molar-refractivity contribution < 1.29 is 9.13 Å². The largest absolute Gasteiger partial charge is 0.380 e. The Balaban J connectivity index is 2.90. The first kappa shape index (κ1) is 17.4. The fourth-order valence-electron chi connectivity index (χ4n) is 2.48. The second-order valence-corrected chi connectivity index (χ2v) is 5.80. The maximum absolute atomic E-state index is 13.5. The van der Waals surface area contributed by atoms with Crippen molar-refractivity contribution in [2.45, 2.75) is 45.8 Å². The molecule has 0 spiro atoms. The van der Waals surface area contributed by atoms with E-state index in [-0.39, 0.29) is 23.0 Å². The summed E-state index contributed by atoms with van der Waals surface area (Å²) in [6.45, 7) is 7.28. The monoisotopic (exact) mass is 301 g/mol. The summed E-state index contributed by atoms with van der Waals surface area (Å²) >= 11 is 6.06. The van der Waals surface area contributed by atoms with Crippen LogP contribution in [0.1, 0.15) is 32.8 Å². The minimum Gasteiger partial charge on any atom is -0.380 e. The van der Waals surface area contributed by atoms with Gasteiger partial charge in [0.1, 0.15) is 5.82 Å². The van der Waals surface area contributed by atoms with Gasteiger partial charge in [0, 0.05) is 13.2 Å². The predicted octanol–water partition coefficient (Wildman–Crippen LogP) is 4.06. The quantitative estimate of drug-likeness (QED) is 0.782. The Morgan fingerprint density at radius 2 is 2.05 bits per heavy atom. The summed E-state index contributed by atoms with van der Waals surface area (Å²) < 4.78 is 19.2. The molecule has 1 rings (SSSR count). The molecule has 0 heterocycles. The third-order valence-corrected chi connectivity index (χ3v) is 3.88. The summed E-state index contributed by atoms with van der Waals surface area (Å²) in [6.07, 6.45) is 1.77. The summed E-state index contributed by atoms with van der Waals surface area (Å²) in [4.78, 5) is 0. The maximum atomic E-state index is 13.5. The molecule has 0 aliphatic rings. The third-order valence-electron chi connectivity index (χ3n) is 3.45. The highest BCUT2D eigenvalue weighted by molar-refractivity contribution is 6.31. The van der Waals surface area contributed by atoms with Crippen molar-refractivity contribution in [3.8, 4) is 0 Å². The van der Waals surface area contributed by atoms with Crippen LogP contribution in [0.25, 0.3) is 0 Å². The van der Waals surface area contributed by atoms with Crippen LogP contribution in [-0.2, 0) is 11.2 Å². The molecule has 4 heteroatoms. The average Bonchev–Trinajstić information content (AvgIpc) is 2.41. The molecule has 20 heavy (non-hydrogen) atoms. The molecular formula is C16H25ClFNO. The molecule has 114 valence electrons. The van der Waals surface area contributed by atoms with Gasteiger partial charge in [0.15, 0.2) is 0 Å². The topological polar surface area (TPSA) is 21.3 Å². The van der Waals surface area contributed by atoms with E-state index in [0.717, 1.165) is 18.5 Å². The summed E-state index contributed by atoms with van der Waals surface area (Å²) in [5.41, 5.74) is 0.822. The number of nitrogens with one attached hydrogen (secondary N) is 1. The lowest BCUT2D eigenvalue weighted by Crippen LogP contribution is -2.45. The van der Waals surface area contributed by atoms with Crippen LogP contribution >= 0.6 is 11.6 Å². The molecule has 0 aliphatic heterocycles. The van der Waals surface area contributed by atoms with Crippen molar-refractivity contribution in [1.82, 2.24) is 5.32 Å². The van der Waals surface area contributed by atoms with Crippen LogP contribution in [-0.4, -0.2) is 25.8 Å². The van der Waals surface area contributed by atoms with Gasteiger partial charge in [0.2, 0.25) is 0 Å². The lowest BCUT2D eigenvalue weighted by molar-refractivity contribution is 0.0332. The Bertz CT molecular complexity index is 411. The maximum Gasteiger partial charge on any atom is 0.142 e. The Morgan fingerprint density at radius 1 is 1.35 bits per heavy atom. The zero-order valence-electron chi connectivity index (χ0n) is 12.7. The number of hydrogen-bond donors (Lipinski definition) is 1. The second-order valence-electron chi connectivity index (χ2n) is 5.42. The van der Waals surface area contributed by atoms with Gasteiger partial charge < -0.3 is 10.1 Å². The van der Waals surface area contributed by atoms with Crippen molar-refractivity contribution in [3.05, 3.63) is 34.6 Å². The number of halogens is 2. The van der Waals surface area contributed by atoms with Gasteiger partial charge in [-0.3, -0.25) is 0 Å². The van der Waals surface area contributed by atoms with Crippen LogP contribution in [0.4, 0.5) is 4.39 Å². The molecule has 0 saturated heterocycles. The smallest absolute Gasteiger partial charge is 0.142 e. The van der Waals surface area contributed by atoms with E-state index < -0.39 is 0 Å². The number of hydrogen-bond acceptors (Lipinski definition) is 2. The summed E-state index contributed by atoms with van der Waals surface area (Å²) in [5, 5.41) is 3.71. The average molecular weight is 302 g/mol. The fourth-order valence-corrected chi connectivity index (χ4v) is 2.68. The Hall–Kier alpha value is -0.640. The zero-order valence-corrected chi connectivity index (χ0v) is 13.5. The molecule has 1 aromatic rings. The summed E-state index contributed by atoms with van der Waals surface area (Å²) in [7, 11) is 1.72. The van der Waals surface area contributed by atoms with Gasteiger partial charge in [-0.1, -0.05) is 44.5 Å². The highest BCUT2D eigenvalue weighted by Crippen LogP contribution is 2.23. The van der Waals surface area contributed by atoms with Gasteiger partial charge >= 0.3 is 0 Å². The normalized spacial score (nSPS) is 14.6. The van der Waals surface area contributed by atoms with E-state index in [4.69, 9.17) is 16.3 Å².